The van der Waals surface area contributed by atoms with Crippen molar-refractivity contribution in [3.8, 4) is 0 Å². The molecule has 4 aliphatic carbocycles. The first-order valence-electron chi connectivity index (χ1n) is 11.8. The SMILES string of the molecule is C=C(C)[C@H]1CC[C@H]2[C@@H]3[C@H]4OC(C)(C)O[C@@H]4[C@H]4CC(O)CC[C@]4(C)[C@H]3CC[C@]12C. The summed E-state index contributed by atoms with van der Waals surface area (Å²) in [6.45, 7) is 15.9. The summed E-state index contributed by atoms with van der Waals surface area (Å²) in [7, 11) is 0. The average Bonchev–Trinajstić information content (AvgIpc) is 3.12. The summed E-state index contributed by atoms with van der Waals surface area (Å²) in [6.07, 6.45) is 8.37. The summed E-state index contributed by atoms with van der Waals surface area (Å²) in [5, 5.41) is 10.5. The third-order valence-corrected chi connectivity index (χ3v) is 10.1. The van der Waals surface area contributed by atoms with E-state index in [0.717, 1.165) is 19.3 Å². The van der Waals surface area contributed by atoms with Gasteiger partial charge < -0.3 is 14.6 Å². The van der Waals surface area contributed by atoms with Crippen molar-refractivity contribution >= 4 is 0 Å². The average molecular weight is 389 g/mol. The molecule has 158 valence electrons. The van der Waals surface area contributed by atoms with E-state index in [2.05, 4.69) is 41.2 Å². The molecule has 0 aromatic carbocycles. The van der Waals surface area contributed by atoms with Gasteiger partial charge in [-0.1, -0.05) is 26.0 Å². The third-order valence-electron chi connectivity index (χ3n) is 10.1. The highest BCUT2D eigenvalue weighted by atomic mass is 16.8. The van der Waals surface area contributed by atoms with Crippen molar-refractivity contribution in [2.45, 2.75) is 104 Å². The van der Waals surface area contributed by atoms with Gasteiger partial charge in [-0.05, 0) is 106 Å². The fourth-order valence-electron chi connectivity index (χ4n) is 8.97. The quantitative estimate of drug-likeness (QED) is 0.618. The van der Waals surface area contributed by atoms with E-state index >= 15 is 0 Å². The zero-order chi connectivity index (χ0) is 20.1. The van der Waals surface area contributed by atoms with Crippen LogP contribution in [0.5, 0.6) is 0 Å². The van der Waals surface area contributed by atoms with Crippen molar-refractivity contribution in [3.05, 3.63) is 12.2 Å². The molecule has 0 spiro atoms. The molecule has 0 bridgehead atoms. The maximum atomic E-state index is 10.5. The molecule has 0 amide bonds. The second kappa shape index (κ2) is 6.08. The second-order valence-corrected chi connectivity index (χ2v) is 11.9. The summed E-state index contributed by atoms with van der Waals surface area (Å²) in [4.78, 5) is 0. The Labute approximate surface area is 171 Å². The number of aliphatic hydroxyl groups excluding tert-OH is 1. The van der Waals surface area contributed by atoms with Gasteiger partial charge in [0.05, 0.1) is 18.3 Å². The zero-order valence-electron chi connectivity index (χ0n) is 18.5. The number of fused-ring (bicyclic) bond motifs is 8. The molecule has 5 rings (SSSR count). The van der Waals surface area contributed by atoms with Gasteiger partial charge in [-0.25, -0.2) is 0 Å². The number of ether oxygens (including phenoxy) is 2. The van der Waals surface area contributed by atoms with Crippen LogP contribution in [0, 0.1) is 40.4 Å². The summed E-state index contributed by atoms with van der Waals surface area (Å²) in [6, 6.07) is 0. The Morgan fingerprint density at radius 1 is 0.857 bits per heavy atom. The Kier molecular flexibility index (Phi) is 4.25. The predicted octanol–water partition coefficient (Wildman–Crippen LogP) is 5.32. The molecule has 1 saturated heterocycles. The number of hydrogen-bond donors (Lipinski definition) is 1. The molecule has 5 fully saturated rings. The second-order valence-electron chi connectivity index (χ2n) is 11.9. The minimum absolute atomic E-state index is 0.141. The molecule has 1 heterocycles. The van der Waals surface area contributed by atoms with Crippen molar-refractivity contribution in [2.24, 2.45) is 40.4 Å². The van der Waals surface area contributed by atoms with E-state index in [1.54, 1.807) is 0 Å². The van der Waals surface area contributed by atoms with Crippen molar-refractivity contribution in [1.29, 1.82) is 0 Å². The van der Waals surface area contributed by atoms with Crippen molar-refractivity contribution in [1.82, 2.24) is 0 Å². The van der Waals surface area contributed by atoms with Crippen LogP contribution in [-0.2, 0) is 9.47 Å². The lowest BCUT2D eigenvalue weighted by Gasteiger charge is -2.63. The third kappa shape index (κ3) is 2.51. The summed E-state index contributed by atoms with van der Waals surface area (Å²) >= 11 is 0. The highest BCUT2D eigenvalue weighted by Gasteiger charge is 2.68. The van der Waals surface area contributed by atoms with E-state index < -0.39 is 5.79 Å². The normalized spacial score (nSPS) is 57.1. The Hall–Kier alpha value is -0.380. The Bertz CT molecular complexity index is 671. The molecular weight excluding hydrogens is 348 g/mol. The van der Waals surface area contributed by atoms with Crippen molar-refractivity contribution in [3.63, 3.8) is 0 Å². The maximum Gasteiger partial charge on any atom is 0.163 e. The minimum Gasteiger partial charge on any atom is -0.393 e. The Balaban J connectivity index is 1.57. The molecule has 4 saturated carbocycles. The van der Waals surface area contributed by atoms with Gasteiger partial charge >= 0.3 is 0 Å². The van der Waals surface area contributed by atoms with Crippen LogP contribution >= 0.6 is 0 Å². The molecule has 0 aromatic rings. The fourth-order valence-corrected chi connectivity index (χ4v) is 8.97. The van der Waals surface area contributed by atoms with Crippen LogP contribution in [0.25, 0.3) is 0 Å². The fraction of sp³-hybridized carbons (Fsp3) is 0.920. The molecule has 1 aliphatic heterocycles. The monoisotopic (exact) mass is 388 g/mol. The van der Waals surface area contributed by atoms with E-state index in [1.165, 1.54) is 31.3 Å². The first-order chi connectivity index (χ1) is 13.1. The maximum absolute atomic E-state index is 10.5. The van der Waals surface area contributed by atoms with Gasteiger partial charge in [0.2, 0.25) is 0 Å². The summed E-state index contributed by atoms with van der Waals surface area (Å²) in [5.74, 6) is 2.57. The lowest BCUT2D eigenvalue weighted by atomic mass is 9.43. The van der Waals surface area contributed by atoms with Crippen LogP contribution in [0.3, 0.4) is 0 Å². The highest BCUT2D eigenvalue weighted by Crippen LogP contribution is 2.69. The topological polar surface area (TPSA) is 38.7 Å². The molecule has 5 aliphatic rings. The molecule has 0 radical (unpaired) electrons. The zero-order valence-corrected chi connectivity index (χ0v) is 18.5. The Morgan fingerprint density at radius 3 is 2.21 bits per heavy atom. The van der Waals surface area contributed by atoms with E-state index in [0.29, 0.717) is 35.0 Å². The molecule has 3 nitrogen and oxygen atoms in total. The lowest BCUT2D eigenvalue weighted by molar-refractivity contribution is -0.188. The number of allylic oxidation sites excluding steroid dienone is 1. The van der Waals surface area contributed by atoms with E-state index in [-0.39, 0.29) is 23.7 Å². The molecule has 1 N–H and O–H groups in total. The van der Waals surface area contributed by atoms with E-state index in [1.807, 2.05) is 0 Å². The van der Waals surface area contributed by atoms with Gasteiger partial charge in [0, 0.05) is 0 Å². The molecule has 3 heteroatoms. The largest absolute Gasteiger partial charge is 0.393 e. The first kappa shape index (κ1) is 19.6. The van der Waals surface area contributed by atoms with Crippen LogP contribution in [0.4, 0.5) is 0 Å². The standard InChI is InChI=1S/C25H40O3/c1-14(2)16-7-8-17-20-18(10-12-24(16,17)5)25(6)11-9-15(26)13-19(25)21-22(20)28-23(3,4)27-21/h15-22,26H,1,7-13H2,2-6H3/t15?,16-,17+,18+,19-,20+,21-,22-,24-,25-/m1/s1. The van der Waals surface area contributed by atoms with Gasteiger partial charge in [0.25, 0.3) is 0 Å². The van der Waals surface area contributed by atoms with Gasteiger partial charge in [-0.3, -0.25) is 0 Å². The molecular formula is C25H40O3. The van der Waals surface area contributed by atoms with Crippen LogP contribution < -0.4 is 0 Å². The summed E-state index contributed by atoms with van der Waals surface area (Å²) in [5.41, 5.74) is 2.02. The van der Waals surface area contributed by atoms with Gasteiger partial charge in [-0.15, -0.1) is 0 Å². The lowest BCUT2D eigenvalue weighted by Crippen LogP contribution is -2.63. The van der Waals surface area contributed by atoms with Gasteiger partial charge in [-0.2, -0.15) is 0 Å². The van der Waals surface area contributed by atoms with Crippen molar-refractivity contribution in [2.75, 3.05) is 0 Å². The van der Waals surface area contributed by atoms with E-state index in [9.17, 15) is 5.11 Å². The van der Waals surface area contributed by atoms with Crippen LogP contribution in [0.2, 0.25) is 0 Å². The molecule has 0 aromatic heterocycles. The van der Waals surface area contributed by atoms with Gasteiger partial charge in [0.1, 0.15) is 0 Å². The molecule has 10 atom stereocenters. The molecule has 28 heavy (non-hydrogen) atoms. The summed E-state index contributed by atoms with van der Waals surface area (Å²) < 4.78 is 13.3. The first-order valence-corrected chi connectivity index (χ1v) is 11.8. The number of rotatable bonds is 1. The smallest absolute Gasteiger partial charge is 0.163 e. The number of aliphatic hydroxyl groups is 1. The van der Waals surface area contributed by atoms with Crippen LogP contribution in [0.15, 0.2) is 12.2 Å². The van der Waals surface area contributed by atoms with E-state index in [4.69, 9.17) is 9.47 Å². The minimum atomic E-state index is -0.506. The molecule has 1 unspecified atom stereocenters. The van der Waals surface area contributed by atoms with Crippen molar-refractivity contribution < 1.29 is 14.6 Å². The Morgan fingerprint density at radius 2 is 1.50 bits per heavy atom. The predicted molar refractivity (Wildman–Crippen MR) is 111 cm³/mol. The number of hydrogen-bond acceptors (Lipinski definition) is 3. The highest BCUT2D eigenvalue weighted by molar-refractivity contribution is 5.18. The van der Waals surface area contributed by atoms with Crippen LogP contribution in [-0.4, -0.2) is 29.2 Å². The van der Waals surface area contributed by atoms with Crippen LogP contribution in [0.1, 0.15) is 79.6 Å². The van der Waals surface area contributed by atoms with Gasteiger partial charge in [0.15, 0.2) is 5.79 Å².